The summed E-state index contributed by atoms with van der Waals surface area (Å²) >= 11 is 0. The molecule has 3 unspecified atom stereocenters. The molecule has 2 amide bonds. The number of amides is 2. The largest absolute Gasteiger partial charge is 0.376 e. The molecule has 0 aromatic carbocycles. The van der Waals surface area contributed by atoms with Gasteiger partial charge in [-0.3, -0.25) is 0 Å². The van der Waals surface area contributed by atoms with E-state index in [1.54, 1.807) is 0 Å². The van der Waals surface area contributed by atoms with Gasteiger partial charge in [0.1, 0.15) is 0 Å². The van der Waals surface area contributed by atoms with Crippen molar-refractivity contribution in [3.8, 4) is 0 Å². The molecule has 104 valence electrons. The molecule has 1 aliphatic rings. The van der Waals surface area contributed by atoms with Gasteiger partial charge in [0.25, 0.3) is 0 Å². The quantitative estimate of drug-likeness (QED) is 0.686. The van der Waals surface area contributed by atoms with Crippen molar-refractivity contribution in [1.29, 1.82) is 0 Å². The van der Waals surface area contributed by atoms with Crippen LogP contribution < -0.4 is 10.6 Å². The number of ether oxygens (including phenoxy) is 1. The molecular formula is C14H26N2O2. The molecule has 0 bridgehead atoms. The maximum Gasteiger partial charge on any atom is 0.315 e. The number of carbonyl (C=O) groups is 1. The molecule has 0 aromatic rings. The van der Waals surface area contributed by atoms with Crippen LogP contribution in [0, 0.1) is 0 Å². The maximum atomic E-state index is 11.9. The van der Waals surface area contributed by atoms with Crippen LogP contribution in [0.1, 0.15) is 46.0 Å². The zero-order valence-electron chi connectivity index (χ0n) is 11.6. The highest BCUT2D eigenvalue weighted by molar-refractivity contribution is 5.74. The lowest BCUT2D eigenvalue weighted by atomic mass is 10.1. The van der Waals surface area contributed by atoms with Crippen LogP contribution in [-0.4, -0.2) is 30.8 Å². The Kier molecular flexibility index (Phi) is 6.80. The average Bonchev–Trinajstić information content (AvgIpc) is 2.89. The van der Waals surface area contributed by atoms with Crippen LogP contribution >= 0.6 is 0 Å². The molecule has 0 saturated carbocycles. The molecule has 1 aliphatic heterocycles. The van der Waals surface area contributed by atoms with Crippen molar-refractivity contribution in [2.24, 2.45) is 0 Å². The van der Waals surface area contributed by atoms with Gasteiger partial charge in [-0.05, 0) is 32.1 Å². The van der Waals surface area contributed by atoms with E-state index in [1.807, 2.05) is 6.08 Å². The van der Waals surface area contributed by atoms with E-state index in [0.29, 0.717) is 0 Å². The zero-order valence-corrected chi connectivity index (χ0v) is 11.6. The normalized spacial score (nSPS) is 22.2. The van der Waals surface area contributed by atoms with Gasteiger partial charge in [-0.15, -0.1) is 6.58 Å². The summed E-state index contributed by atoms with van der Waals surface area (Å²) in [5, 5.41) is 6.00. The Morgan fingerprint density at radius 3 is 2.72 bits per heavy atom. The summed E-state index contributed by atoms with van der Waals surface area (Å²) in [6, 6.07) is 0.198. The molecule has 3 atom stereocenters. The molecule has 0 aliphatic carbocycles. The molecule has 18 heavy (non-hydrogen) atoms. The molecule has 1 heterocycles. The minimum atomic E-state index is -0.0916. The Balaban J connectivity index is 2.38. The van der Waals surface area contributed by atoms with Crippen LogP contribution in [0.2, 0.25) is 0 Å². The summed E-state index contributed by atoms with van der Waals surface area (Å²) in [5.74, 6) is 0. The average molecular weight is 254 g/mol. The van der Waals surface area contributed by atoms with Gasteiger partial charge in [0, 0.05) is 12.6 Å². The number of hydrogen-bond donors (Lipinski definition) is 2. The van der Waals surface area contributed by atoms with Gasteiger partial charge in [-0.25, -0.2) is 4.79 Å². The highest BCUT2D eigenvalue weighted by atomic mass is 16.5. The zero-order chi connectivity index (χ0) is 13.4. The number of hydrogen-bond acceptors (Lipinski definition) is 2. The van der Waals surface area contributed by atoms with Crippen molar-refractivity contribution in [1.82, 2.24) is 10.6 Å². The Morgan fingerprint density at radius 2 is 2.22 bits per heavy atom. The fraction of sp³-hybridized carbons (Fsp3) is 0.786. The third kappa shape index (κ3) is 4.69. The molecule has 4 heteroatoms. The number of urea groups is 1. The SMILES string of the molecule is C=CCC(CC)NC(=O)NC(CC)C1CCCO1. The fourth-order valence-corrected chi connectivity index (χ4v) is 2.30. The summed E-state index contributed by atoms with van der Waals surface area (Å²) in [5.41, 5.74) is 0. The summed E-state index contributed by atoms with van der Waals surface area (Å²) < 4.78 is 5.63. The van der Waals surface area contributed by atoms with E-state index < -0.39 is 0 Å². The van der Waals surface area contributed by atoms with E-state index in [1.165, 1.54) is 0 Å². The molecule has 1 rings (SSSR count). The van der Waals surface area contributed by atoms with E-state index >= 15 is 0 Å². The van der Waals surface area contributed by atoms with Gasteiger partial charge in [0.2, 0.25) is 0 Å². The standard InChI is InChI=1S/C14H26N2O2/c1-4-8-11(5-2)15-14(17)16-12(6-3)13-9-7-10-18-13/h4,11-13H,1,5-10H2,2-3H3,(H2,15,16,17). The molecule has 0 radical (unpaired) electrons. The molecule has 1 fully saturated rings. The van der Waals surface area contributed by atoms with Gasteiger partial charge in [0.05, 0.1) is 12.1 Å². The molecule has 1 saturated heterocycles. The van der Waals surface area contributed by atoms with E-state index in [9.17, 15) is 4.79 Å². The van der Waals surface area contributed by atoms with Crippen molar-refractivity contribution in [2.45, 2.75) is 64.1 Å². The minimum absolute atomic E-state index is 0.0916. The Morgan fingerprint density at radius 1 is 1.44 bits per heavy atom. The van der Waals surface area contributed by atoms with E-state index in [0.717, 1.165) is 38.7 Å². The summed E-state index contributed by atoms with van der Waals surface area (Å²) in [6.07, 6.45) is 6.78. The van der Waals surface area contributed by atoms with Gasteiger partial charge in [-0.2, -0.15) is 0 Å². The monoisotopic (exact) mass is 254 g/mol. The number of rotatable bonds is 7. The lowest BCUT2D eigenvalue weighted by Gasteiger charge is -2.24. The predicted octanol–water partition coefficient (Wildman–Crippen LogP) is 2.60. The Hall–Kier alpha value is -1.03. The second-order valence-corrected chi connectivity index (χ2v) is 4.81. The van der Waals surface area contributed by atoms with Crippen molar-refractivity contribution >= 4 is 6.03 Å². The highest BCUT2D eigenvalue weighted by Crippen LogP contribution is 2.17. The van der Waals surface area contributed by atoms with Gasteiger partial charge < -0.3 is 15.4 Å². The summed E-state index contributed by atoms with van der Waals surface area (Å²) in [7, 11) is 0. The van der Waals surface area contributed by atoms with Crippen molar-refractivity contribution in [3.05, 3.63) is 12.7 Å². The van der Waals surface area contributed by atoms with Crippen molar-refractivity contribution < 1.29 is 9.53 Å². The maximum absolute atomic E-state index is 11.9. The first-order valence-electron chi connectivity index (χ1n) is 7.00. The lowest BCUT2D eigenvalue weighted by Crippen LogP contribution is -2.49. The summed E-state index contributed by atoms with van der Waals surface area (Å²) in [4.78, 5) is 11.9. The predicted molar refractivity (Wildman–Crippen MR) is 73.6 cm³/mol. The second-order valence-electron chi connectivity index (χ2n) is 4.81. The fourth-order valence-electron chi connectivity index (χ4n) is 2.30. The number of nitrogens with one attached hydrogen (secondary N) is 2. The van der Waals surface area contributed by atoms with Crippen molar-refractivity contribution in [2.75, 3.05) is 6.61 Å². The molecular weight excluding hydrogens is 228 g/mol. The molecule has 4 nitrogen and oxygen atoms in total. The first-order chi connectivity index (χ1) is 8.71. The van der Waals surface area contributed by atoms with Gasteiger partial charge >= 0.3 is 6.03 Å². The van der Waals surface area contributed by atoms with Crippen LogP contribution in [0.4, 0.5) is 4.79 Å². The van der Waals surface area contributed by atoms with E-state index in [4.69, 9.17) is 4.74 Å². The van der Waals surface area contributed by atoms with Crippen LogP contribution in [0.5, 0.6) is 0 Å². The first-order valence-corrected chi connectivity index (χ1v) is 7.00. The third-order valence-corrected chi connectivity index (χ3v) is 3.45. The molecule has 0 spiro atoms. The van der Waals surface area contributed by atoms with Gasteiger partial charge in [-0.1, -0.05) is 19.9 Å². The van der Waals surface area contributed by atoms with Crippen LogP contribution in [-0.2, 0) is 4.74 Å². The lowest BCUT2D eigenvalue weighted by molar-refractivity contribution is 0.0794. The Labute approximate surface area is 110 Å². The first kappa shape index (κ1) is 15.0. The number of carbonyl (C=O) groups excluding carboxylic acids is 1. The third-order valence-electron chi connectivity index (χ3n) is 3.45. The highest BCUT2D eigenvalue weighted by Gasteiger charge is 2.26. The van der Waals surface area contributed by atoms with Crippen molar-refractivity contribution in [3.63, 3.8) is 0 Å². The molecule has 0 aromatic heterocycles. The second kappa shape index (κ2) is 8.14. The van der Waals surface area contributed by atoms with Crippen LogP contribution in [0.25, 0.3) is 0 Å². The van der Waals surface area contributed by atoms with Crippen LogP contribution in [0.3, 0.4) is 0 Å². The Bertz CT molecular complexity index is 263. The van der Waals surface area contributed by atoms with Crippen LogP contribution in [0.15, 0.2) is 12.7 Å². The van der Waals surface area contributed by atoms with E-state index in [-0.39, 0.29) is 24.2 Å². The van der Waals surface area contributed by atoms with E-state index in [2.05, 4.69) is 31.1 Å². The van der Waals surface area contributed by atoms with Gasteiger partial charge in [0.15, 0.2) is 0 Å². The minimum Gasteiger partial charge on any atom is -0.376 e. The molecule has 2 N–H and O–H groups in total. The smallest absolute Gasteiger partial charge is 0.315 e. The summed E-state index contributed by atoms with van der Waals surface area (Å²) in [6.45, 7) is 8.66. The topological polar surface area (TPSA) is 50.4 Å².